The van der Waals surface area contributed by atoms with Crippen molar-refractivity contribution < 1.29 is 21.1 Å². The summed E-state index contributed by atoms with van der Waals surface area (Å²) in [5.41, 5.74) is 9.36. The second kappa shape index (κ2) is 7.46. The molecule has 0 bridgehead atoms. The molecule has 0 unspecified atom stereocenters. The van der Waals surface area contributed by atoms with Gasteiger partial charge < -0.3 is 4.98 Å². The van der Waals surface area contributed by atoms with Crippen molar-refractivity contribution in [2.24, 2.45) is 0 Å². The number of pyridine rings is 1. The smallest absolute Gasteiger partial charge is 0.0161 e. The fourth-order valence-corrected chi connectivity index (χ4v) is 3.73. The van der Waals surface area contributed by atoms with Crippen LogP contribution in [0.2, 0.25) is 0 Å². The van der Waals surface area contributed by atoms with Crippen LogP contribution in [-0.4, -0.2) is 4.98 Å². The third-order valence-electron chi connectivity index (χ3n) is 4.81. The van der Waals surface area contributed by atoms with Crippen LogP contribution in [0.5, 0.6) is 0 Å². The maximum absolute atomic E-state index is 4.66. The summed E-state index contributed by atoms with van der Waals surface area (Å²) in [4.78, 5) is 4.66. The average Bonchev–Trinajstić information content (AvgIpc) is 3.05. The van der Waals surface area contributed by atoms with Crippen LogP contribution in [0.15, 0.2) is 97.2 Å². The molecular formula is C25H16NPt-. The summed E-state index contributed by atoms with van der Waals surface area (Å²) in [5, 5.41) is 0. The van der Waals surface area contributed by atoms with Crippen LogP contribution < -0.4 is 0 Å². The van der Waals surface area contributed by atoms with Crippen LogP contribution in [0, 0.1) is 6.07 Å². The molecule has 2 heteroatoms. The van der Waals surface area contributed by atoms with Gasteiger partial charge in [-0.1, -0.05) is 77.9 Å². The van der Waals surface area contributed by atoms with Gasteiger partial charge in [-0.05, 0) is 34.0 Å². The number of nitrogens with zero attached hydrogens (tertiary/aromatic N) is 1. The molecule has 1 aliphatic carbocycles. The quantitative estimate of drug-likeness (QED) is 0.263. The number of fused-ring (bicyclic) bond motifs is 3. The fourth-order valence-electron chi connectivity index (χ4n) is 3.73. The van der Waals surface area contributed by atoms with E-state index < -0.39 is 0 Å². The fraction of sp³-hybridized carbons (Fsp3) is 0. The number of rotatable bonds is 2. The van der Waals surface area contributed by atoms with Gasteiger partial charge in [-0.25, -0.2) is 0 Å². The van der Waals surface area contributed by atoms with Gasteiger partial charge in [-0.15, -0.1) is 29.8 Å². The SMILES string of the molecule is [Pt].[c-]1cccc2c1-c1ncccc1C2=C(c1ccccc1)c1ccccc1. The molecule has 0 fully saturated rings. The van der Waals surface area contributed by atoms with Gasteiger partial charge in [0.2, 0.25) is 0 Å². The number of benzene rings is 3. The van der Waals surface area contributed by atoms with Gasteiger partial charge in [0.15, 0.2) is 0 Å². The van der Waals surface area contributed by atoms with Crippen LogP contribution in [-0.2, 0) is 21.1 Å². The van der Waals surface area contributed by atoms with Crippen molar-refractivity contribution in [2.45, 2.75) is 0 Å². The van der Waals surface area contributed by atoms with Crippen molar-refractivity contribution in [2.75, 3.05) is 0 Å². The van der Waals surface area contributed by atoms with E-state index in [1.165, 1.54) is 33.4 Å². The van der Waals surface area contributed by atoms with Crippen molar-refractivity contribution in [3.05, 3.63) is 126 Å². The first kappa shape index (κ1) is 17.6. The zero-order valence-corrected chi connectivity index (χ0v) is 16.8. The Morgan fingerprint density at radius 2 is 1.30 bits per heavy atom. The van der Waals surface area contributed by atoms with E-state index in [2.05, 4.69) is 89.9 Å². The third-order valence-corrected chi connectivity index (χ3v) is 4.81. The van der Waals surface area contributed by atoms with Gasteiger partial charge in [0.25, 0.3) is 0 Å². The van der Waals surface area contributed by atoms with E-state index in [4.69, 9.17) is 0 Å². The molecule has 4 aromatic rings. The van der Waals surface area contributed by atoms with Crippen LogP contribution in [0.3, 0.4) is 0 Å². The molecule has 27 heavy (non-hydrogen) atoms. The van der Waals surface area contributed by atoms with Gasteiger partial charge in [0.05, 0.1) is 0 Å². The standard InChI is InChI=1S/C25H16N.Pt/c1-3-10-18(11-4-1)23(19-12-5-2-6-13-19)24-20-14-7-8-15-21(20)25-22(24)16-9-17-26-25;/h1-14,16-17H;/q-1;. The second-order valence-electron chi connectivity index (χ2n) is 6.34. The Morgan fingerprint density at radius 1 is 0.667 bits per heavy atom. The van der Waals surface area contributed by atoms with Crippen molar-refractivity contribution in [3.8, 4) is 11.3 Å². The molecule has 1 nitrogen and oxygen atoms in total. The second-order valence-corrected chi connectivity index (χ2v) is 6.34. The number of hydrogen-bond acceptors (Lipinski definition) is 1. The summed E-state index contributed by atoms with van der Waals surface area (Å²) >= 11 is 0. The zero-order valence-electron chi connectivity index (χ0n) is 14.5. The third kappa shape index (κ3) is 2.99. The summed E-state index contributed by atoms with van der Waals surface area (Å²) in [6.07, 6.45) is 1.86. The van der Waals surface area contributed by atoms with Gasteiger partial charge >= 0.3 is 0 Å². The predicted molar refractivity (Wildman–Crippen MR) is 106 cm³/mol. The van der Waals surface area contributed by atoms with Crippen LogP contribution in [0.4, 0.5) is 0 Å². The Bertz CT molecular complexity index is 1030. The topological polar surface area (TPSA) is 12.9 Å². The Hall–Kier alpha value is -2.76. The van der Waals surface area contributed by atoms with Gasteiger partial charge in [0, 0.05) is 27.3 Å². The summed E-state index contributed by atoms with van der Waals surface area (Å²) in [5.74, 6) is 0. The molecule has 0 spiro atoms. The molecule has 0 N–H and O–H groups in total. The molecule has 1 aliphatic rings. The largest absolute Gasteiger partial charge is 0.304 e. The van der Waals surface area contributed by atoms with Crippen molar-refractivity contribution in [3.63, 3.8) is 0 Å². The summed E-state index contributed by atoms with van der Waals surface area (Å²) in [6.45, 7) is 0. The Balaban J connectivity index is 0.00000180. The van der Waals surface area contributed by atoms with E-state index in [0.29, 0.717) is 0 Å². The first-order valence-corrected chi connectivity index (χ1v) is 8.75. The Kier molecular flexibility index (Phi) is 4.88. The van der Waals surface area contributed by atoms with Crippen LogP contribution in [0.25, 0.3) is 22.4 Å². The first-order chi connectivity index (χ1) is 12.9. The van der Waals surface area contributed by atoms with E-state index in [1.54, 1.807) is 0 Å². The number of aromatic nitrogens is 1. The molecule has 5 rings (SSSR count). The summed E-state index contributed by atoms with van der Waals surface area (Å²) in [6, 6.07) is 35.0. The molecule has 132 valence electrons. The van der Waals surface area contributed by atoms with E-state index in [-0.39, 0.29) is 21.1 Å². The van der Waals surface area contributed by atoms with E-state index in [1.807, 2.05) is 18.3 Å². The first-order valence-electron chi connectivity index (χ1n) is 8.75. The number of hydrogen-bond donors (Lipinski definition) is 0. The maximum atomic E-state index is 4.66. The summed E-state index contributed by atoms with van der Waals surface area (Å²) < 4.78 is 0. The van der Waals surface area contributed by atoms with Gasteiger partial charge in [0.1, 0.15) is 0 Å². The molecule has 0 saturated carbocycles. The molecule has 3 aromatic carbocycles. The monoisotopic (exact) mass is 525 g/mol. The van der Waals surface area contributed by atoms with E-state index in [9.17, 15) is 0 Å². The van der Waals surface area contributed by atoms with Crippen LogP contribution in [0.1, 0.15) is 22.3 Å². The maximum Gasteiger partial charge on any atom is 0.0161 e. The minimum Gasteiger partial charge on any atom is -0.304 e. The molecule has 0 aliphatic heterocycles. The zero-order chi connectivity index (χ0) is 17.3. The molecule has 0 amide bonds. The van der Waals surface area contributed by atoms with E-state index in [0.717, 1.165) is 11.3 Å². The van der Waals surface area contributed by atoms with Crippen molar-refractivity contribution in [1.82, 2.24) is 4.98 Å². The minimum atomic E-state index is 0. The van der Waals surface area contributed by atoms with Crippen molar-refractivity contribution in [1.29, 1.82) is 0 Å². The Morgan fingerprint density at radius 3 is 1.96 bits per heavy atom. The normalized spacial score (nSPS) is 11.3. The summed E-state index contributed by atoms with van der Waals surface area (Å²) in [7, 11) is 0. The Labute approximate surface area is 173 Å². The predicted octanol–water partition coefficient (Wildman–Crippen LogP) is 5.87. The molecule has 1 aromatic heterocycles. The van der Waals surface area contributed by atoms with Gasteiger partial charge in [-0.2, -0.15) is 0 Å². The molecular weight excluding hydrogens is 509 g/mol. The molecule has 1 heterocycles. The minimum absolute atomic E-state index is 0. The van der Waals surface area contributed by atoms with Crippen molar-refractivity contribution >= 4 is 11.1 Å². The van der Waals surface area contributed by atoms with Crippen LogP contribution >= 0.6 is 0 Å². The average molecular weight is 525 g/mol. The molecule has 0 atom stereocenters. The van der Waals surface area contributed by atoms with E-state index >= 15 is 0 Å². The molecule has 0 radical (unpaired) electrons. The molecule has 0 saturated heterocycles. The van der Waals surface area contributed by atoms with Gasteiger partial charge in [-0.3, -0.25) is 0 Å².